The first-order valence-electron chi connectivity index (χ1n) is 6.03. The summed E-state index contributed by atoms with van der Waals surface area (Å²) in [6.45, 7) is 6.38. The number of esters is 1. The van der Waals surface area contributed by atoms with Crippen LogP contribution in [0.3, 0.4) is 0 Å². The summed E-state index contributed by atoms with van der Waals surface area (Å²) in [5.74, 6) is -0.110. The molecule has 2 heterocycles. The summed E-state index contributed by atoms with van der Waals surface area (Å²) >= 11 is 0. The zero-order chi connectivity index (χ0) is 11.4. The van der Waals surface area contributed by atoms with E-state index in [1.54, 1.807) is 0 Å². The molecule has 2 fully saturated rings. The molecular formula is C11H20N2O3. The summed E-state index contributed by atoms with van der Waals surface area (Å²) in [7, 11) is 0. The van der Waals surface area contributed by atoms with Gasteiger partial charge in [-0.25, -0.2) is 0 Å². The van der Waals surface area contributed by atoms with Crippen LogP contribution in [0.15, 0.2) is 0 Å². The van der Waals surface area contributed by atoms with Crippen molar-refractivity contribution in [3.05, 3.63) is 0 Å². The maximum atomic E-state index is 11.8. The number of piperazine rings is 1. The van der Waals surface area contributed by atoms with E-state index in [0.29, 0.717) is 19.2 Å². The molecule has 5 heteroatoms. The molecule has 2 aliphatic heterocycles. The largest absolute Gasteiger partial charge is 0.465 e. The Morgan fingerprint density at radius 2 is 2.50 bits per heavy atom. The lowest BCUT2D eigenvalue weighted by molar-refractivity contribution is -0.151. The highest BCUT2D eigenvalue weighted by Crippen LogP contribution is 2.17. The maximum absolute atomic E-state index is 11.8. The molecule has 0 spiro atoms. The van der Waals surface area contributed by atoms with Crippen molar-refractivity contribution in [1.82, 2.24) is 10.2 Å². The fraction of sp³-hybridized carbons (Fsp3) is 0.909. The van der Waals surface area contributed by atoms with Crippen molar-refractivity contribution < 1.29 is 14.3 Å². The van der Waals surface area contributed by atoms with Gasteiger partial charge < -0.3 is 14.8 Å². The van der Waals surface area contributed by atoms with Crippen molar-refractivity contribution in [3.8, 4) is 0 Å². The highest BCUT2D eigenvalue weighted by Gasteiger charge is 2.35. The van der Waals surface area contributed by atoms with Gasteiger partial charge in [0.05, 0.1) is 13.2 Å². The van der Waals surface area contributed by atoms with Gasteiger partial charge in [-0.1, -0.05) is 0 Å². The molecule has 2 rings (SSSR count). The molecule has 5 nitrogen and oxygen atoms in total. The molecule has 2 atom stereocenters. The van der Waals surface area contributed by atoms with Crippen LogP contribution in [0.5, 0.6) is 0 Å². The molecule has 0 aromatic rings. The highest BCUT2D eigenvalue weighted by atomic mass is 16.5. The Hall–Kier alpha value is -0.650. The van der Waals surface area contributed by atoms with E-state index in [9.17, 15) is 4.79 Å². The lowest BCUT2D eigenvalue weighted by Crippen LogP contribution is -2.58. The summed E-state index contributed by atoms with van der Waals surface area (Å²) < 4.78 is 10.5. The number of nitrogens with one attached hydrogen (secondary N) is 1. The van der Waals surface area contributed by atoms with Crippen molar-refractivity contribution >= 4 is 5.97 Å². The van der Waals surface area contributed by atoms with E-state index in [4.69, 9.17) is 9.47 Å². The van der Waals surface area contributed by atoms with E-state index in [-0.39, 0.29) is 12.0 Å². The summed E-state index contributed by atoms with van der Waals surface area (Å²) in [5.41, 5.74) is 0. The lowest BCUT2D eigenvalue weighted by atomic mass is 10.1. The van der Waals surface area contributed by atoms with Crippen LogP contribution in [0.4, 0.5) is 0 Å². The Morgan fingerprint density at radius 3 is 3.19 bits per heavy atom. The van der Waals surface area contributed by atoms with Crippen LogP contribution in [0.1, 0.15) is 13.3 Å². The number of nitrogens with zero attached hydrogens (tertiary/aromatic N) is 1. The fourth-order valence-corrected chi connectivity index (χ4v) is 2.40. The molecule has 0 radical (unpaired) electrons. The zero-order valence-corrected chi connectivity index (χ0v) is 9.78. The number of rotatable bonds is 3. The normalized spacial score (nSPS) is 31.6. The number of carbonyl (C=O) groups excluding carboxylic acids is 1. The van der Waals surface area contributed by atoms with Crippen molar-refractivity contribution in [1.29, 1.82) is 0 Å². The average Bonchev–Trinajstić information content (AvgIpc) is 2.83. The Bertz CT molecular complexity index is 241. The molecule has 16 heavy (non-hydrogen) atoms. The second kappa shape index (κ2) is 5.61. The van der Waals surface area contributed by atoms with E-state index >= 15 is 0 Å². The third-order valence-corrected chi connectivity index (χ3v) is 3.22. The van der Waals surface area contributed by atoms with Gasteiger partial charge >= 0.3 is 5.97 Å². The van der Waals surface area contributed by atoms with E-state index < -0.39 is 0 Å². The fourth-order valence-electron chi connectivity index (χ4n) is 2.40. The minimum atomic E-state index is -0.139. The quantitative estimate of drug-likeness (QED) is 0.667. The minimum Gasteiger partial charge on any atom is -0.465 e. The highest BCUT2D eigenvalue weighted by molar-refractivity contribution is 5.76. The van der Waals surface area contributed by atoms with Crippen molar-refractivity contribution in [2.24, 2.45) is 0 Å². The molecule has 2 saturated heterocycles. The van der Waals surface area contributed by atoms with Gasteiger partial charge in [0.15, 0.2) is 0 Å². The average molecular weight is 228 g/mol. The van der Waals surface area contributed by atoms with Crippen molar-refractivity contribution in [2.45, 2.75) is 25.4 Å². The van der Waals surface area contributed by atoms with Gasteiger partial charge in [0.1, 0.15) is 6.04 Å². The number of hydrogen-bond acceptors (Lipinski definition) is 5. The molecule has 0 bridgehead atoms. The standard InChI is InChI=1S/C11H20N2O3/c1-2-16-11(14)10-7-12-4-5-13(10)9-3-6-15-8-9/h9-10,12H,2-8H2,1H3. The van der Waals surface area contributed by atoms with Crippen LogP contribution < -0.4 is 5.32 Å². The SMILES string of the molecule is CCOC(=O)C1CNCCN1C1CCOC1. The lowest BCUT2D eigenvalue weighted by Gasteiger charge is -2.37. The number of carbonyl (C=O) groups is 1. The topological polar surface area (TPSA) is 50.8 Å². The third-order valence-electron chi connectivity index (χ3n) is 3.22. The van der Waals surface area contributed by atoms with Crippen LogP contribution in [0, 0.1) is 0 Å². The molecule has 2 unspecified atom stereocenters. The van der Waals surface area contributed by atoms with Crippen LogP contribution in [-0.2, 0) is 14.3 Å². The van der Waals surface area contributed by atoms with Crippen LogP contribution in [-0.4, -0.2) is 62.4 Å². The molecule has 0 aromatic heterocycles. The number of hydrogen-bond donors (Lipinski definition) is 1. The second-order valence-corrected chi connectivity index (χ2v) is 4.23. The van der Waals surface area contributed by atoms with Gasteiger partial charge in [0.2, 0.25) is 0 Å². The van der Waals surface area contributed by atoms with E-state index in [2.05, 4.69) is 10.2 Å². The van der Waals surface area contributed by atoms with Gasteiger partial charge in [-0.15, -0.1) is 0 Å². The Morgan fingerprint density at radius 1 is 1.62 bits per heavy atom. The minimum absolute atomic E-state index is 0.110. The molecule has 0 aliphatic carbocycles. The third kappa shape index (κ3) is 2.53. The molecule has 2 aliphatic rings. The predicted octanol–water partition coefficient (Wildman–Crippen LogP) is -0.388. The molecular weight excluding hydrogens is 208 g/mol. The monoisotopic (exact) mass is 228 g/mol. The molecule has 0 saturated carbocycles. The van der Waals surface area contributed by atoms with Gasteiger partial charge in [-0.3, -0.25) is 9.69 Å². The first-order chi connectivity index (χ1) is 7.83. The molecule has 0 aromatic carbocycles. The first kappa shape index (κ1) is 11.8. The van der Waals surface area contributed by atoms with E-state index in [1.165, 1.54) is 0 Å². The number of ether oxygens (including phenoxy) is 2. The van der Waals surface area contributed by atoms with Crippen molar-refractivity contribution in [2.75, 3.05) is 39.5 Å². The van der Waals surface area contributed by atoms with Gasteiger partial charge in [0, 0.05) is 32.3 Å². The predicted molar refractivity (Wildman–Crippen MR) is 59.2 cm³/mol. The summed E-state index contributed by atoms with van der Waals surface area (Å²) in [6, 6.07) is 0.247. The summed E-state index contributed by atoms with van der Waals surface area (Å²) in [4.78, 5) is 14.1. The first-order valence-corrected chi connectivity index (χ1v) is 6.03. The van der Waals surface area contributed by atoms with Gasteiger partial charge in [-0.2, -0.15) is 0 Å². The summed E-state index contributed by atoms with van der Waals surface area (Å²) in [5, 5.41) is 3.24. The summed E-state index contributed by atoms with van der Waals surface area (Å²) in [6.07, 6.45) is 1.02. The maximum Gasteiger partial charge on any atom is 0.324 e. The van der Waals surface area contributed by atoms with Crippen LogP contribution in [0.2, 0.25) is 0 Å². The van der Waals surface area contributed by atoms with Crippen LogP contribution >= 0.6 is 0 Å². The zero-order valence-electron chi connectivity index (χ0n) is 9.78. The second-order valence-electron chi connectivity index (χ2n) is 4.23. The van der Waals surface area contributed by atoms with Gasteiger partial charge in [-0.05, 0) is 13.3 Å². The smallest absolute Gasteiger partial charge is 0.324 e. The van der Waals surface area contributed by atoms with Gasteiger partial charge in [0.25, 0.3) is 0 Å². The van der Waals surface area contributed by atoms with E-state index in [0.717, 1.165) is 32.7 Å². The molecule has 0 amide bonds. The Kier molecular flexibility index (Phi) is 4.15. The molecule has 92 valence electrons. The molecule has 1 N–H and O–H groups in total. The van der Waals surface area contributed by atoms with Crippen LogP contribution in [0.25, 0.3) is 0 Å². The van der Waals surface area contributed by atoms with Crippen molar-refractivity contribution in [3.63, 3.8) is 0 Å². The van der Waals surface area contributed by atoms with E-state index in [1.807, 2.05) is 6.92 Å². The Balaban J connectivity index is 1.98. The Labute approximate surface area is 96.1 Å².